The lowest BCUT2D eigenvalue weighted by atomic mass is 10.2. The number of hydrogen-bond acceptors (Lipinski definition) is 4. The minimum absolute atomic E-state index is 0.00172. The van der Waals surface area contributed by atoms with Gasteiger partial charge in [-0.15, -0.1) is 0 Å². The molecular formula is C14H9N5O2. The molecule has 21 heavy (non-hydrogen) atoms. The van der Waals surface area contributed by atoms with Crippen LogP contribution in [0.15, 0.2) is 42.5 Å². The van der Waals surface area contributed by atoms with E-state index >= 15 is 0 Å². The third-order valence-corrected chi connectivity index (χ3v) is 3.00. The Balaban J connectivity index is 2.02. The molecule has 0 unspecified atom stereocenters. The zero-order chi connectivity index (χ0) is 14.8. The summed E-state index contributed by atoms with van der Waals surface area (Å²) in [5.41, 5.74) is 1.90. The molecule has 0 spiro atoms. The molecule has 0 aliphatic heterocycles. The highest BCUT2D eigenvalue weighted by atomic mass is 16.6. The van der Waals surface area contributed by atoms with Crippen molar-refractivity contribution in [3.63, 3.8) is 0 Å². The summed E-state index contributed by atoms with van der Waals surface area (Å²) in [7, 11) is 0. The summed E-state index contributed by atoms with van der Waals surface area (Å²) in [6.07, 6.45) is 0. The molecule has 3 rings (SSSR count). The first-order valence-electron chi connectivity index (χ1n) is 6.04. The molecule has 0 radical (unpaired) electrons. The topological polar surface area (TPSA) is 88.2 Å². The molecule has 0 bridgehead atoms. The van der Waals surface area contributed by atoms with Gasteiger partial charge in [-0.3, -0.25) is 15.2 Å². The number of nitro groups is 1. The number of nitro benzene ring substituents is 1. The van der Waals surface area contributed by atoms with Crippen LogP contribution in [0, 0.1) is 16.7 Å². The predicted octanol–water partition coefficient (Wildman–Crippen LogP) is 3.77. The maximum Gasteiger partial charge on any atom is 0.270 e. The highest BCUT2D eigenvalue weighted by Gasteiger charge is 2.11. The van der Waals surface area contributed by atoms with Crippen molar-refractivity contribution >= 4 is 33.8 Å². The smallest absolute Gasteiger partial charge is 0.270 e. The van der Waals surface area contributed by atoms with Crippen molar-refractivity contribution in [2.24, 2.45) is 0 Å². The van der Waals surface area contributed by atoms with Crippen molar-refractivity contribution in [2.45, 2.75) is 0 Å². The first kappa shape index (κ1) is 12.6. The van der Waals surface area contributed by atoms with Crippen molar-refractivity contribution in [2.75, 3.05) is 5.32 Å². The van der Waals surface area contributed by atoms with Crippen molar-refractivity contribution in [1.82, 2.24) is 10.2 Å². The molecule has 0 saturated heterocycles. The van der Waals surface area contributed by atoms with E-state index in [9.17, 15) is 10.1 Å². The summed E-state index contributed by atoms with van der Waals surface area (Å²) in [5, 5.41) is 21.4. The Hall–Kier alpha value is -3.40. The van der Waals surface area contributed by atoms with Gasteiger partial charge >= 0.3 is 0 Å². The SMILES string of the molecule is [C-]#[N+]c1cccc(Nc2n[nH]c3ccc([N+](=O)[O-])cc23)c1. The quantitative estimate of drug-likeness (QED) is 0.434. The largest absolute Gasteiger partial charge is 0.339 e. The molecule has 0 saturated carbocycles. The Morgan fingerprint density at radius 3 is 2.90 bits per heavy atom. The first-order chi connectivity index (χ1) is 10.2. The molecule has 1 heterocycles. The molecule has 102 valence electrons. The molecule has 0 fully saturated rings. The van der Waals surface area contributed by atoms with Gasteiger partial charge in [-0.05, 0) is 18.2 Å². The summed E-state index contributed by atoms with van der Waals surface area (Å²) >= 11 is 0. The van der Waals surface area contributed by atoms with Crippen LogP contribution in [0.1, 0.15) is 0 Å². The molecule has 0 amide bonds. The van der Waals surface area contributed by atoms with Gasteiger partial charge in [0.25, 0.3) is 5.69 Å². The van der Waals surface area contributed by atoms with Gasteiger partial charge in [0, 0.05) is 17.8 Å². The summed E-state index contributed by atoms with van der Waals surface area (Å²) < 4.78 is 0. The van der Waals surface area contributed by atoms with Crippen LogP contribution in [0.2, 0.25) is 0 Å². The van der Waals surface area contributed by atoms with Gasteiger partial charge in [0.15, 0.2) is 11.5 Å². The van der Waals surface area contributed by atoms with Crippen molar-refractivity contribution in [3.05, 3.63) is 64.0 Å². The summed E-state index contributed by atoms with van der Waals surface area (Å²) in [4.78, 5) is 13.7. The van der Waals surface area contributed by atoms with Crippen LogP contribution < -0.4 is 5.32 Å². The van der Waals surface area contributed by atoms with Gasteiger partial charge in [0.1, 0.15) is 0 Å². The van der Waals surface area contributed by atoms with E-state index in [1.165, 1.54) is 12.1 Å². The Kier molecular flexibility index (Phi) is 2.97. The van der Waals surface area contributed by atoms with Gasteiger partial charge < -0.3 is 5.32 Å². The Bertz CT molecular complexity index is 878. The van der Waals surface area contributed by atoms with Crippen LogP contribution in [-0.4, -0.2) is 15.1 Å². The predicted molar refractivity (Wildman–Crippen MR) is 78.7 cm³/mol. The van der Waals surface area contributed by atoms with E-state index in [-0.39, 0.29) is 5.69 Å². The van der Waals surface area contributed by atoms with E-state index in [2.05, 4.69) is 20.4 Å². The number of fused-ring (bicyclic) bond motifs is 1. The summed E-state index contributed by atoms with van der Waals surface area (Å²) in [6.45, 7) is 7.00. The number of aromatic nitrogens is 2. The average molecular weight is 279 g/mol. The van der Waals surface area contributed by atoms with Crippen molar-refractivity contribution < 1.29 is 4.92 Å². The highest BCUT2D eigenvalue weighted by molar-refractivity contribution is 5.93. The van der Waals surface area contributed by atoms with E-state index in [1.807, 2.05) is 0 Å². The molecule has 0 atom stereocenters. The number of rotatable bonds is 3. The zero-order valence-electron chi connectivity index (χ0n) is 10.7. The van der Waals surface area contributed by atoms with Crippen LogP contribution in [0.4, 0.5) is 22.9 Å². The fourth-order valence-electron chi connectivity index (χ4n) is 2.00. The number of aromatic amines is 1. The molecular weight excluding hydrogens is 270 g/mol. The van der Waals surface area contributed by atoms with E-state index in [0.717, 1.165) is 0 Å². The van der Waals surface area contributed by atoms with Crippen molar-refractivity contribution in [1.29, 1.82) is 0 Å². The Morgan fingerprint density at radius 1 is 1.29 bits per heavy atom. The lowest BCUT2D eigenvalue weighted by molar-refractivity contribution is -0.384. The lowest BCUT2D eigenvalue weighted by Crippen LogP contribution is -1.91. The maximum atomic E-state index is 10.8. The van der Waals surface area contributed by atoms with Crippen molar-refractivity contribution in [3.8, 4) is 0 Å². The highest BCUT2D eigenvalue weighted by Crippen LogP contribution is 2.28. The van der Waals surface area contributed by atoms with Crippen LogP contribution in [0.3, 0.4) is 0 Å². The minimum atomic E-state index is -0.449. The molecule has 2 aromatic carbocycles. The maximum absolute atomic E-state index is 10.8. The number of H-pyrrole nitrogens is 1. The fourth-order valence-corrected chi connectivity index (χ4v) is 2.00. The number of anilines is 2. The standard InChI is InChI=1S/C14H9N5O2/c1-15-9-3-2-4-10(7-9)16-14-12-8-11(19(20)21)5-6-13(12)17-18-14/h2-8H,(H2,16,17,18). The number of non-ortho nitro benzene ring substituents is 1. The summed E-state index contributed by atoms with van der Waals surface area (Å²) in [6, 6.07) is 11.4. The third-order valence-electron chi connectivity index (χ3n) is 3.00. The fraction of sp³-hybridized carbons (Fsp3) is 0. The van der Waals surface area contributed by atoms with E-state index < -0.39 is 4.92 Å². The Morgan fingerprint density at radius 2 is 2.14 bits per heavy atom. The van der Waals surface area contributed by atoms with Crippen LogP contribution >= 0.6 is 0 Å². The molecule has 3 aromatic rings. The molecule has 1 aromatic heterocycles. The van der Waals surface area contributed by atoms with Gasteiger partial charge in [0.2, 0.25) is 0 Å². The number of benzene rings is 2. The van der Waals surface area contributed by atoms with Crippen LogP contribution in [0.25, 0.3) is 15.7 Å². The second-order valence-corrected chi connectivity index (χ2v) is 4.35. The van der Waals surface area contributed by atoms with E-state index in [1.54, 1.807) is 30.3 Å². The van der Waals surface area contributed by atoms with Crippen LogP contribution in [0.5, 0.6) is 0 Å². The zero-order valence-corrected chi connectivity index (χ0v) is 10.7. The monoisotopic (exact) mass is 279 g/mol. The van der Waals surface area contributed by atoms with Gasteiger partial charge in [-0.25, -0.2) is 4.85 Å². The summed E-state index contributed by atoms with van der Waals surface area (Å²) in [5.74, 6) is 0.482. The van der Waals surface area contributed by atoms with E-state index in [0.29, 0.717) is 28.1 Å². The second-order valence-electron chi connectivity index (χ2n) is 4.35. The van der Waals surface area contributed by atoms with Gasteiger partial charge in [-0.2, -0.15) is 5.10 Å². The van der Waals surface area contributed by atoms with Crippen LogP contribution in [-0.2, 0) is 0 Å². The average Bonchev–Trinajstić information content (AvgIpc) is 2.90. The molecule has 0 aliphatic rings. The van der Waals surface area contributed by atoms with E-state index in [4.69, 9.17) is 6.57 Å². The van der Waals surface area contributed by atoms with Gasteiger partial charge in [-0.1, -0.05) is 12.1 Å². The number of nitrogens with one attached hydrogen (secondary N) is 2. The molecule has 2 N–H and O–H groups in total. The normalized spacial score (nSPS) is 10.2. The third kappa shape index (κ3) is 2.37. The minimum Gasteiger partial charge on any atom is -0.339 e. The molecule has 0 aliphatic carbocycles. The number of nitrogens with zero attached hydrogens (tertiary/aromatic N) is 3. The molecule has 7 heteroatoms. The molecule has 7 nitrogen and oxygen atoms in total. The first-order valence-corrected chi connectivity index (χ1v) is 6.04. The lowest BCUT2D eigenvalue weighted by Gasteiger charge is -2.03. The Labute approximate surface area is 119 Å². The second kappa shape index (κ2) is 4.94. The van der Waals surface area contributed by atoms with Gasteiger partial charge in [0.05, 0.1) is 22.4 Å². The number of hydrogen-bond donors (Lipinski definition) is 2.